The van der Waals surface area contributed by atoms with Gasteiger partial charge in [-0.15, -0.1) is 32.9 Å². The topological polar surface area (TPSA) is 99.8 Å². The molecule has 0 N–H and O–H groups in total. The first kappa shape index (κ1) is 26.0. The number of amides is 2. The number of hydrogen-bond donors (Lipinski definition) is 0. The molecular weight excluding hydrogens is 532 g/mol. The lowest BCUT2D eigenvalue weighted by molar-refractivity contribution is 0.0633. The fourth-order valence-electron chi connectivity index (χ4n) is 5.39. The third-order valence-corrected chi connectivity index (χ3v) is 9.66. The van der Waals surface area contributed by atoms with Gasteiger partial charge in [-0.2, -0.15) is 5.10 Å². The van der Waals surface area contributed by atoms with Gasteiger partial charge in [-0.05, 0) is 44.6 Å². The summed E-state index contributed by atoms with van der Waals surface area (Å²) in [5, 5.41) is 17.8. The molecule has 0 bridgehead atoms. The summed E-state index contributed by atoms with van der Waals surface area (Å²) in [6.45, 7) is 9.31. The predicted molar refractivity (Wildman–Crippen MR) is 151 cm³/mol. The third-order valence-electron chi connectivity index (χ3n) is 7.71. The molecule has 204 valence electrons. The minimum absolute atomic E-state index is 0.0290. The first-order valence-corrected chi connectivity index (χ1v) is 15.2. The molecule has 39 heavy (non-hydrogen) atoms. The summed E-state index contributed by atoms with van der Waals surface area (Å²) in [7, 11) is 0. The van der Waals surface area contributed by atoms with E-state index in [9.17, 15) is 9.59 Å². The standard InChI is InChI=1S/C27H32N8O2S2/c1-18-16-23-29-30-24(19(2)35(23)31-18)27(37)33-9-5-20(6-10-33)25-28-22(17-39-25)26(36)34-13-11-32(12-14-34)8-7-21-4-3-15-38-21/h3-4,15-17,20H,5-14H2,1-2H3. The number of thiophene rings is 1. The number of nitrogens with zero attached hydrogens (tertiary/aromatic N) is 8. The fourth-order valence-corrected chi connectivity index (χ4v) is 7.05. The highest BCUT2D eigenvalue weighted by molar-refractivity contribution is 7.10. The molecule has 2 aliphatic rings. The highest BCUT2D eigenvalue weighted by atomic mass is 32.1. The number of aryl methyl sites for hydroxylation is 2. The molecule has 0 aliphatic carbocycles. The predicted octanol–water partition coefficient (Wildman–Crippen LogP) is 3.28. The maximum Gasteiger partial charge on any atom is 0.276 e. The van der Waals surface area contributed by atoms with E-state index in [0.717, 1.165) is 62.7 Å². The van der Waals surface area contributed by atoms with Crippen molar-refractivity contribution >= 4 is 40.1 Å². The third kappa shape index (κ3) is 5.45. The first-order valence-electron chi connectivity index (χ1n) is 13.4. The van der Waals surface area contributed by atoms with Gasteiger partial charge < -0.3 is 9.80 Å². The van der Waals surface area contributed by atoms with Crippen LogP contribution in [0.4, 0.5) is 0 Å². The molecular formula is C27H32N8O2S2. The molecule has 0 saturated carbocycles. The monoisotopic (exact) mass is 564 g/mol. The van der Waals surface area contributed by atoms with Crippen LogP contribution >= 0.6 is 22.7 Å². The molecule has 6 heterocycles. The van der Waals surface area contributed by atoms with Gasteiger partial charge in [0.2, 0.25) is 0 Å². The molecule has 0 unspecified atom stereocenters. The first-order chi connectivity index (χ1) is 19.0. The van der Waals surface area contributed by atoms with Crippen LogP contribution in [0, 0.1) is 13.8 Å². The van der Waals surface area contributed by atoms with E-state index >= 15 is 0 Å². The lowest BCUT2D eigenvalue weighted by Crippen LogP contribution is -2.49. The Kier molecular flexibility index (Phi) is 7.41. The van der Waals surface area contributed by atoms with Crippen molar-refractivity contribution in [3.63, 3.8) is 0 Å². The summed E-state index contributed by atoms with van der Waals surface area (Å²) in [6, 6.07) is 6.13. The quantitative estimate of drug-likeness (QED) is 0.354. The second-order valence-electron chi connectivity index (χ2n) is 10.3. The van der Waals surface area contributed by atoms with Crippen LogP contribution < -0.4 is 0 Å². The highest BCUT2D eigenvalue weighted by Gasteiger charge is 2.30. The van der Waals surface area contributed by atoms with E-state index in [1.54, 1.807) is 27.2 Å². The van der Waals surface area contributed by atoms with Gasteiger partial charge in [0, 0.05) is 68.1 Å². The molecule has 0 atom stereocenters. The Balaban J connectivity index is 1.01. The maximum absolute atomic E-state index is 13.2. The van der Waals surface area contributed by atoms with Crippen molar-refractivity contribution in [2.45, 2.75) is 39.0 Å². The van der Waals surface area contributed by atoms with E-state index < -0.39 is 0 Å². The minimum atomic E-state index is -0.113. The SMILES string of the molecule is Cc1cc2nnc(C(=O)N3CCC(c4nc(C(=O)N5CCN(CCc6cccs6)CC5)cs4)CC3)c(C)n2n1. The van der Waals surface area contributed by atoms with Gasteiger partial charge in [0.05, 0.1) is 16.4 Å². The molecule has 2 saturated heterocycles. The van der Waals surface area contributed by atoms with Gasteiger partial charge in [-0.3, -0.25) is 14.5 Å². The van der Waals surface area contributed by atoms with Crippen LogP contribution in [-0.4, -0.2) is 97.1 Å². The van der Waals surface area contributed by atoms with Crippen LogP contribution in [0.2, 0.25) is 0 Å². The Bertz CT molecular complexity index is 1460. The van der Waals surface area contributed by atoms with E-state index in [1.807, 2.05) is 35.1 Å². The molecule has 0 radical (unpaired) electrons. The summed E-state index contributed by atoms with van der Waals surface area (Å²) >= 11 is 3.37. The molecule has 4 aromatic rings. The molecule has 0 spiro atoms. The van der Waals surface area contributed by atoms with Crippen LogP contribution in [0.5, 0.6) is 0 Å². The van der Waals surface area contributed by atoms with Gasteiger partial charge in [0.15, 0.2) is 11.3 Å². The number of carbonyl (C=O) groups excluding carboxylic acids is 2. The fraction of sp³-hybridized carbons (Fsp3) is 0.481. The molecule has 0 aromatic carbocycles. The van der Waals surface area contributed by atoms with Crippen molar-refractivity contribution in [1.29, 1.82) is 0 Å². The summed E-state index contributed by atoms with van der Waals surface area (Å²) in [5.41, 5.74) is 3.08. The van der Waals surface area contributed by atoms with Gasteiger partial charge in [-0.25, -0.2) is 9.50 Å². The zero-order valence-corrected chi connectivity index (χ0v) is 23.9. The highest BCUT2D eigenvalue weighted by Crippen LogP contribution is 2.31. The number of aromatic nitrogens is 5. The van der Waals surface area contributed by atoms with E-state index in [-0.39, 0.29) is 17.7 Å². The van der Waals surface area contributed by atoms with E-state index in [4.69, 9.17) is 4.98 Å². The van der Waals surface area contributed by atoms with Crippen LogP contribution in [0.3, 0.4) is 0 Å². The second-order valence-corrected chi connectivity index (χ2v) is 12.2. The second kappa shape index (κ2) is 11.1. The van der Waals surface area contributed by atoms with E-state index in [1.165, 1.54) is 4.88 Å². The minimum Gasteiger partial charge on any atom is -0.337 e. The summed E-state index contributed by atoms with van der Waals surface area (Å²) in [4.78, 5) is 38.8. The molecule has 2 amide bonds. The zero-order valence-electron chi connectivity index (χ0n) is 22.2. The summed E-state index contributed by atoms with van der Waals surface area (Å²) in [5.74, 6) is 0.164. The molecule has 4 aromatic heterocycles. The smallest absolute Gasteiger partial charge is 0.276 e. The number of rotatable bonds is 6. The lowest BCUT2D eigenvalue weighted by Gasteiger charge is -2.34. The Labute approximate surface area is 235 Å². The van der Waals surface area contributed by atoms with Crippen molar-refractivity contribution in [2.24, 2.45) is 0 Å². The Morgan fingerprint density at radius 2 is 1.74 bits per heavy atom. The molecule has 6 rings (SSSR count). The van der Waals surface area contributed by atoms with Crippen molar-refractivity contribution in [3.05, 3.63) is 61.6 Å². The van der Waals surface area contributed by atoms with Crippen molar-refractivity contribution in [2.75, 3.05) is 45.8 Å². The van der Waals surface area contributed by atoms with Crippen LogP contribution in [0.25, 0.3) is 5.65 Å². The Morgan fingerprint density at radius 3 is 2.49 bits per heavy atom. The van der Waals surface area contributed by atoms with Gasteiger partial charge in [0.25, 0.3) is 11.8 Å². The summed E-state index contributed by atoms with van der Waals surface area (Å²) < 4.78 is 1.68. The molecule has 2 fully saturated rings. The summed E-state index contributed by atoms with van der Waals surface area (Å²) in [6.07, 6.45) is 2.69. The van der Waals surface area contributed by atoms with Crippen LogP contribution in [0.1, 0.15) is 61.0 Å². The van der Waals surface area contributed by atoms with Crippen LogP contribution in [0.15, 0.2) is 29.0 Å². The largest absolute Gasteiger partial charge is 0.337 e. The number of piperazine rings is 1. The Hall–Kier alpha value is -3.22. The average molecular weight is 565 g/mol. The van der Waals surface area contributed by atoms with Gasteiger partial charge >= 0.3 is 0 Å². The van der Waals surface area contributed by atoms with Crippen molar-refractivity contribution in [1.82, 2.24) is 39.5 Å². The van der Waals surface area contributed by atoms with E-state index in [0.29, 0.717) is 35.8 Å². The maximum atomic E-state index is 13.2. The van der Waals surface area contributed by atoms with Gasteiger partial charge in [0.1, 0.15) is 5.69 Å². The number of piperidine rings is 1. The van der Waals surface area contributed by atoms with Gasteiger partial charge in [-0.1, -0.05) is 6.07 Å². The normalized spacial score (nSPS) is 17.3. The number of likely N-dealkylation sites (tertiary alicyclic amines) is 1. The molecule has 12 heteroatoms. The van der Waals surface area contributed by atoms with Crippen molar-refractivity contribution < 1.29 is 9.59 Å². The number of carbonyl (C=O) groups is 2. The molecule has 10 nitrogen and oxygen atoms in total. The lowest BCUT2D eigenvalue weighted by atomic mass is 9.97. The van der Waals surface area contributed by atoms with Crippen molar-refractivity contribution in [3.8, 4) is 0 Å². The number of hydrogen-bond acceptors (Lipinski definition) is 9. The molecule has 2 aliphatic heterocycles. The number of fused-ring (bicyclic) bond motifs is 1. The van der Waals surface area contributed by atoms with E-state index in [2.05, 4.69) is 37.7 Å². The average Bonchev–Trinajstić information content (AvgIpc) is 3.73. The van der Waals surface area contributed by atoms with Crippen LogP contribution in [-0.2, 0) is 6.42 Å². The number of thiazole rings is 1. The Morgan fingerprint density at radius 1 is 0.974 bits per heavy atom. The zero-order chi connectivity index (χ0) is 26.9.